The normalized spacial score (nSPS) is 18.6. The molecule has 2 aromatic carbocycles. The quantitative estimate of drug-likeness (QED) is 0.456. The van der Waals surface area contributed by atoms with Crippen LogP contribution in [0, 0.1) is 12.8 Å². The van der Waals surface area contributed by atoms with Crippen LogP contribution in [0.5, 0.6) is 5.75 Å². The number of nitrogens with zero attached hydrogens (tertiary/aromatic N) is 4. The fourth-order valence-corrected chi connectivity index (χ4v) is 4.59. The summed E-state index contributed by atoms with van der Waals surface area (Å²) in [6, 6.07) is 20.2. The van der Waals surface area contributed by atoms with Gasteiger partial charge in [0.25, 0.3) is 0 Å². The minimum Gasteiger partial charge on any atom is -0.497 e. The third kappa shape index (κ3) is 4.69. The van der Waals surface area contributed by atoms with Crippen LogP contribution in [-0.2, 0) is 13.0 Å². The molecule has 0 aliphatic carbocycles. The Morgan fingerprint density at radius 2 is 1.88 bits per heavy atom. The molecule has 1 fully saturated rings. The number of H-pyrrole nitrogens is 1. The summed E-state index contributed by atoms with van der Waals surface area (Å²) >= 11 is 0. The van der Waals surface area contributed by atoms with Gasteiger partial charge in [-0.3, -0.25) is 10.00 Å². The van der Waals surface area contributed by atoms with Crippen molar-refractivity contribution in [1.29, 1.82) is 0 Å². The molecule has 2 aromatic heterocycles. The van der Waals surface area contributed by atoms with Crippen molar-refractivity contribution in [3.63, 3.8) is 0 Å². The van der Waals surface area contributed by atoms with Gasteiger partial charge in [0, 0.05) is 48.6 Å². The van der Waals surface area contributed by atoms with E-state index >= 15 is 0 Å². The Morgan fingerprint density at radius 1 is 1.09 bits per heavy atom. The van der Waals surface area contributed by atoms with Crippen LogP contribution in [0.2, 0.25) is 0 Å². The summed E-state index contributed by atoms with van der Waals surface area (Å²) in [5.41, 5.74) is 6.20. The first-order valence-electron chi connectivity index (χ1n) is 11.3. The standard InChI is InChI=1S/C26H29N5O2/c1-18-12-22(28-27-18)13-20-14-30(17-25(20)32)15-21-16-31(23-6-4-3-5-7-23)29-26(21)19-8-10-24(33-2)11-9-19/h3-12,16,20,25,32H,13-15,17H2,1-2H3,(H,27,28)/t20-,25-/m1/s1. The number of aromatic nitrogens is 4. The lowest BCUT2D eigenvalue weighted by Gasteiger charge is -2.15. The van der Waals surface area contributed by atoms with E-state index in [0.717, 1.165) is 59.2 Å². The summed E-state index contributed by atoms with van der Waals surface area (Å²) in [5, 5.41) is 23.0. The largest absolute Gasteiger partial charge is 0.497 e. The molecule has 2 N–H and O–H groups in total. The van der Waals surface area contributed by atoms with Crippen molar-refractivity contribution < 1.29 is 9.84 Å². The fraction of sp³-hybridized carbons (Fsp3) is 0.308. The van der Waals surface area contributed by atoms with Crippen LogP contribution in [-0.4, -0.2) is 56.3 Å². The Morgan fingerprint density at radius 3 is 2.58 bits per heavy atom. The van der Waals surface area contributed by atoms with Gasteiger partial charge in [0.15, 0.2) is 0 Å². The number of ether oxygens (including phenoxy) is 1. The van der Waals surface area contributed by atoms with E-state index in [1.54, 1.807) is 7.11 Å². The number of likely N-dealkylation sites (tertiary alicyclic amines) is 1. The van der Waals surface area contributed by atoms with Crippen LogP contribution in [0.1, 0.15) is 17.0 Å². The van der Waals surface area contributed by atoms with Crippen molar-refractivity contribution in [2.45, 2.75) is 26.0 Å². The van der Waals surface area contributed by atoms with Gasteiger partial charge in [0.05, 0.1) is 30.3 Å². The van der Waals surface area contributed by atoms with E-state index in [0.29, 0.717) is 6.54 Å². The van der Waals surface area contributed by atoms with Gasteiger partial charge in [-0.1, -0.05) is 18.2 Å². The maximum absolute atomic E-state index is 10.7. The van der Waals surface area contributed by atoms with Gasteiger partial charge in [-0.15, -0.1) is 0 Å². The van der Waals surface area contributed by atoms with Gasteiger partial charge in [-0.2, -0.15) is 10.2 Å². The summed E-state index contributed by atoms with van der Waals surface area (Å²) < 4.78 is 7.26. The number of β-amino-alcohol motifs (C(OH)–C–C–N with tert-alkyl or cyclic N) is 1. The van der Waals surface area contributed by atoms with Gasteiger partial charge < -0.3 is 9.84 Å². The number of hydrogen-bond acceptors (Lipinski definition) is 5. The first-order valence-corrected chi connectivity index (χ1v) is 11.3. The zero-order valence-electron chi connectivity index (χ0n) is 19.0. The van der Waals surface area contributed by atoms with E-state index in [9.17, 15) is 5.11 Å². The molecule has 170 valence electrons. The van der Waals surface area contributed by atoms with E-state index in [1.807, 2.05) is 54.1 Å². The molecule has 7 nitrogen and oxygen atoms in total. The van der Waals surface area contributed by atoms with Gasteiger partial charge in [-0.25, -0.2) is 4.68 Å². The lowest BCUT2D eigenvalue weighted by Crippen LogP contribution is -2.21. The van der Waals surface area contributed by atoms with Crippen molar-refractivity contribution in [1.82, 2.24) is 24.9 Å². The predicted octanol–water partition coefficient (Wildman–Crippen LogP) is 3.61. The highest BCUT2D eigenvalue weighted by atomic mass is 16.5. The van der Waals surface area contributed by atoms with Crippen LogP contribution in [0.25, 0.3) is 16.9 Å². The van der Waals surface area contributed by atoms with Gasteiger partial charge in [0.1, 0.15) is 5.75 Å². The molecule has 2 atom stereocenters. The fourth-order valence-electron chi connectivity index (χ4n) is 4.59. The second kappa shape index (κ2) is 9.21. The predicted molar refractivity (Wildman–Crippen MR) is 127 cm³/mol. The van der Waals surface area contributed by atoms with E-state index in [1.165, 1.54) is 0 Å². The lowest BCUT2D eigenvalue weighted by atomic mass is 10.00. The summed E-state index contributed by atoms with van der Waals surface area (Å²) in [5.74, 6) is 0.989. The highest BCUT2D eigenvalue weighted by Gasteiger charge is 2.32. The molecule has 5 rings (SSSR count). The van der Waals surface area contributed by atoms with Crippen molar-refractivity contribution in [3.05, 3.63) is 83.8 Å². The molecule has 1 aliphatic heterocycles. The van der Waals surface area contributed by atoms with Crippen LogP contribution in [0.3, 0.4) is 0 Å². The molecule has 0 bridgehead atoms. The number of para-hydroxylation sites is 1. The number of rotatable bonds is 7. The van der Waals surface area contributed by atoms with Gasteiger partial charge in [-0.05, 0) is 55.8 Å². The topological polar surface area (TPSA) is 79.2 Å². The molecule has 4 aromatic rings. The SMILES string of the molecule is COc1ccc(-c2nn(-c3ccccc3)cc2CN2C[C@@H](Cc3cc(C)[nH]n3)[C@H](O)C2)cc1. The molecule has 0 saturated carbocycles. The molecule has 0 amide bonds. The van der Waals surface area contributed by atoms with Crippen molar-refractivity contribution in [2.24, 2.45) is 5.92 Å². The van der Waals surface area contributed by atoms with Crippen LogP contribution >= 0.6 is 0 Å². The van der Waals surface area contributed by atoms with E-state index in [-0.39, 0.29) is 12.0 Å². The zero-order valence-corrected chi connectivity index (χ0v) is 19.0. The third-order valence-corrected chi connectivity index (χ3v) is 6.28. The third-order valence-electron chi connectivity index (χ3n) is 6.28. The zero-order chi connectivity index (χ0) is 22.8. The van der Waals surface area contributed by atoms with E-state index in [2.05, 4.69) is 39.5 Å². The smallest absolute Gasteiger partial charge is 0.118 e. The number of aliphatic hydroxyl groups excluding tert-OH is 1. The van der Waals surface area contributed by atoms with Crippen LogP contribution in [0.4, 0.5) is 0 Å². The second-order valence-corrected chi connectivity index (χ2v) is 8.78. The van der Waals surface area contributed by atoms with Crippen molar-refractivity contribution >= 4 is 0 Å². The van der Waals surface area contributed by atoms with E-state index in [4.69, 9.17) is 9.84 Å². The van der Waals surface area contributed by atoms with Crippen LogP contribution < -0.4 is 4.74 Å². The highest BCUT2D eigenvalue weighted by Crippen LogP contribution is 2.29. The molecule has 1 saturated heterocycles. The highest BCUT2D eigenvalue weighted by molar-refractivity contribution is 5.64. The lowest BCUT2D eigenvalue weighted by molar-refractivity contribution is 0.140. The summed E-state index contributed by atoms with van der Waals surface area (Å²) in [4.78, 5) is 2.31. The molecular weight excluding hydrogens is 414 g/mol. The average molecular weight is 444 g/mol. The number of methoxy groups -OCH3 is 1. The summed E-state index contributed by atoms with van der Waals surface area (Å²) in [6.45, 7) is 4.19. The molecular formula is C26H29N5O2. The summed E-state index contributed by atoms with van der Waals surface area (Å²) in [6.07, 6.45) is 2.51. The molecule has 7 heteroatoms. The van der Waals surface area contributed by atoms with Crippen molar-refractivity contribution in [2.75, 3.05) is 20.2 Å². The van der Waals surface area contributed by atoms with Crippen LogP contribution in [0.15, 0.2) is 66.9 Å². The minimum atomic E-state index is -0.365. The Balaban J connectivity index is 1.40. The molecule has 0 unspecified atom stereocenters. The number of aliphatic hydroxyl groups is 1. The molecule has 0 spiro atoms. The minimum absolute atomic E-state index is 0.168. The molecule has 0 radical (unpaired) electrons. The molecule has 3 heterocycles. The molecule has 33 heavy (non-hydrogen) atoms. The summed E-state index contributed by atoms with van der Waals surface area (Å²) in [7, 11) is 1.67. The molecule has 1 aliphatic rings. The Hall–Kier alpha value is -3.42. The maximum atomic E-state index is 10.7. The number of aryl methyl sites for hydroxylation is 1. The van der Waals surface area contributed by atoms with Gasteiger partial charge in [0.2, 0.25) is 0 Å². The maximum Gasteiger partial charge on any atom is 0.118 e. The van der Waals surface area contributed by atoms with Crippen molar-refractivity contribution in [3.8, 4) is 22.7 Å². The number of hydrogen-bond donors (Lipinski definition) is 2. The first-order chi connectivity index (χ1) is 16.1. The number of nitrogens with one attached hydrogen (secondary N) is 1. The Bertz CT molecular complexity index is 1200. The van der Waals surface area contributed by atoms with E-state index < -0.39 is 0 Å². The Kier molecular flexibility index (Phi) is 5.98. The number of aromatic amines is 1. The second-order valence-electron chi connectivity index (χ2n) is 8.78. The average Bonchev–Trinajstić information content (AvgIpc) is 3.54. The van der Waals surface area contributed by atoms with Gasteiger partial charge >= 0.3 is 0 Å². The monoisotopic (exact) mass is 443 g/mol. The first kappa shape index (κ1) is 21.4. The Labute approximate surface area is 193 Å². The number of benzene rings is 2.